The molecular formula is C10H7F6. The van der Waals surface area contributed by atoms with Crippen molar-refractivity contribution in [2.45, 2.75) is 11.8 Å². The van der Waals surface area contributed by atoms with Gasteiger partial charge < -0.3 is 0 Å². The maximum absolute atomic E-state index is 13.0. The number of hydrogen-bond donors (Lipinski definition) is 0. The van der Waals surface area contributed by atoms with Gasteiger partial charge in [-0.1, -0.05) is 18.2 Å². The highest BCUT2D eigenvalue weighted by Gasteiger charge is 2.42. The average molecular weight is 241 g/mol. The van der Waals surface area contributed by atoms with Gasteiger partial charge >= 0.3 is 11.8 Å². The lowest BCUT2D eigenvalue weighted by Gasteiger charge is -2.20. The fraction of sp³-hybridized carbons (Fsp3) is 0.400. The predicted molar refractivity (Wildman–Crippen MR) is 45.0 cm³/mol. The molecule has 1 aromatic carbocycles. The van der Waals surface area contributed by atoms with Crippen LogP contribution < -0.4 is 0 Å². The maximum Gasteiger partial charge on any atom is 0.302 e. The Hall–Kier alpha value is -1.20. The van der Waals surface area contributed by atoms with Gasteiger partial charge in [0.15, 0.2) is 13.3 Å². The van der Waals surface area contributed by atoms with Gasteiger partial charge in [-0.25, -0.2) is 8.78 Å². The van der Waals surface area contributed by atoms with E-state index < -0.39 is 36.3 Å². The zero-order valence-corrected chi connectivity index (χ0v) is 7.91. The van der Waals surface area contributed by atoms with Gasteiger partial charge in [0, 0.05) is 11.1 Å². The lowest BCUT2D eigenvalue weighted by atomic mass is 9.98. The molecule has 89 valence electrons. The van der Waals surface area contributed by atoms with Crippen LogP contribution in [0.3, 0.4) is 0 Å². The zero-order valence-electron chi connectivity index (χ0n) is 7.91. The van der Waals surface area contributed by atoms with E-state index in [2.05, 4.69) is 0 Å². The lowest BCUT2D eigenvalue weighted by Crippen LogP contribution is -2.25. The molecule has 0 saturated carbocycles. The molecule has 0 amide bonds. The Balaban J connectivity index is 3.31. The summed E-state index contributed by atoms with van der Waals surface area (Å²) in [6.07, 6.45) is 0. The van der Waals surface area contributed by atoms with Crippen LogP contribution in [-0.4, -0.2) is 13.3 Å². The van der Waals surface area contributed by atoms with E-state index in [-0.39, 0.29) is 0 Å². The third-order valence-corrected chi connectivity index (χ3v) is 1.95. The number of rotatable bonds is 4. The Bertz CT molecular complexity index is 325. The maximum atomic E-state index is 13.0. The summed E-state index contributed by atoms with van der Waals surface area (Å²) in [5.74, 6) is -8.15. The fourth-order valence-electron chi connectivity index (χ4n) is 1.18. The van der Waals surface area contributed by atoms with Crippen LogP contribution in [0.4, 0.5) is 26.3 Å². The van der Waals surface area contributed by atoms with Crippen molar-refractivity contribution in [3.63, 3.8) is 0 Å². The van der Waals surface area contributed by atoms with Gasteiger partial charge in [-0.3, -0.25) is 0 Å². The Kier molecular flexibility index (Phi) is 3.50. The molecule has 0 fully saturated rings. The van der Waals surface area contributed by atoms with Crippen LogP contribution in [0.1, 0.15) is 11.1 Å². The molecule has 1 rings (SSSR count). The first-order chi connectivity index (χ1) is 7.35. The third kappa shape index (κ3) is 2.31. The number of benzene rings is 1. The second-order valence-electron chi connectivity index (χ2n) is 3.13. The van der Waals surface area contributed by atoms with E-state index in [1.807, 2.05) is 6.07 Å². The van der Waals surface area contributed by atoms with E-state index in [1.165, 1.54) is 0 Å². The molecule has 0 unspecified atom stereocenters. The van der Waals surface area contributed by atoms with Gasteiger partial charge in [-0.05, 0) is 6.07 Å². The van der Waals surface area contributed by atoms with Gasteiger partial charge in [0.1, 0.15) is 0 Å². The molecule has 0 aliphatic rings. The summed E-state index contributed by atoms with van der Waals surface area (Å²) in [7, 11) is 0. The molecule has 0 N–H and O–H groups in total. The number of alkyl halides is 6. The topological polar surface area (TPSA) is 0 Å². The molecular weight excluding hydrogens is 234 g/mol. The van der Waals surface area contributed by atoms with E-state index >= 15 is 0 Å². The predicted octanol–water partition coefficient (Wildman–Crippen LogP) is 3.61. The lowest BCUT2D eigenvalue weighted by molar-refractivity contribution is -0.0531. The Morgan fingerprint density at radius 1 is 1.00 bits per heavy atom. The van der Waals surface area contributed by atoms with Crippen molar-refractivity contribution in [3.8, 4) is 0 Å². The molecule has 0 atom stereocenters. The normalized spacial score (nSPS) is 12.9. The van der Waals surface area contributed by atoms with E-state index in [1.54, 1.807) is 0 Å². The van der Waals surface area contributed by atoms with Crippen molar-refractivity contribution in [1.29, 1.82) is 0 Å². The summed E-state index contributed by atoms with van der Waals surface area (Å²) in [5, 5.41) is 0. The minimum atomic E-state index is -4.09. The van der Waals surface area contributed by atoms with Crippen LogP contribution in [0.25, 0.3) is 0 Å². The van der Waals surface area contributed by atoms with E-state index in [0.29, 0.717) is 6.07 Å². The van der Waals surface area contributed by atoms with Crippen LogP contribution in [-0.2, 0) is 11.8 Å². The quantitative estimate of drug-likeness (QED) is 0.706. The first-order valence-corrected chi connectivity index (χ1v) is 4.24. The fourth-order valence-corrected chi connectivity index (χ4v) is 1.18. The van der Waals surface area contributed by atoms with Crippen molar-refractivity contribution in [1.82, 2.24) is 0 Å². The average Bonchev–Trinajstić information content (AvgIpc) is 2.29. The smallest absolute Gasteiger partial charge is 0.244 e. The van der Waals surface area contributed by atoms with Crippen LogP contribution in [0.2, 0.25) is 0 Å². The Morgan fingerprint density at radius 3 is 2.06 bits per heavy atom. The van der Waals surface area contributed by atoms with Gasteiger partial charge in [0.2, 0.25) is 0 Å². The molecule has 0 saturated heterocycles. The molecule has 6 heteroatoms. The standard InChI is InChI=1S/C10H7F6/c11-5-9(13,14)7-3-1-2-4-8(7)10(15,16)6-12/h1-3H,5-6H2. The van der Waals surface area contributed by atoms with Crippen molar-refractivity contribution in [2.75, 3.05) is 13.3 Å². The van der Waals surface area contributed by atoms with E-state index in [4.69, 9.17) is 0 Å². The minimum Gasteiger partial charge on any atom is -0.244 e. The molecule has 16 heavy (non-hydrogen) atoms. The summed E-state index contributed by atoms with van der Waals surface area (Å²) in [5.41, 5.74) is -2.54. The molecule has 0 aromatic heterocycles. The highest BCUT2D eigenvalue weighted by atomic mass is 19.3. The second kappa shape index (κ2) is 4.35. The molecule has 0 heterocycles. The minimum absolute atomic E-state index is 0.634. The van der Waals surface area contributed by atoms with Gasteiger partial charge in [-0.15, -0.1) is 0 Å². The first-order valence-electron chi connectivity index (χ1n) is 4.24. The largest absolute Gasteiger partial charge is 0.302 e. The Morgan fingerprint density at radius 2 is 1.56 bits per heavy atom. The van der Waals surface area contributed by atoms with E-state index in [9.17, 15) is 26.3 Å². The summed E-state index contributed by atoms with van der Waals surface area (Å²) in [6.45, 7) is -4.26. The van der Waals surface area contributed by atoms with Crippen molar-refractivity contribution in [3.05, 3.63) is 35.4 Å². The Labute approximate surface area is 87.9 Å². The molecule has 0 aliphatic carbocycles. The van der Waals surface area contributed by atoms with Crippen LogP contribution in [0.15, 0.2) is 18.2 Å². The summed E-state index contributed by atoms with van der Waals surface area (Å²) in [4.78, 5) is 0. The first kappa shape index (κ1) is 12.9. The molecule has 0 spiro atoms. The van der Waals surface area contributed by atoms with Crippen molar-refractivity contribution >= 4 is 0 Å². The zero-order chi connectivity index (χ0) is 12.4. The van der Waals surface area contributed by atoms with Crippen LogP contribution >= 0.6 is 0 Å². The summed E-state index contributed by atoms with van der Waals surface area (Å²) < 4.78 is 75.9. The monoisotopic (exact) mass is 241 g/mol. The van der Waals surface area contributed by atoms with Crippen molar-refractivity contribution in [2.24, 2.45) is 0 Å². The summed E-state index contributed by atoms with van der Waals surface area (Å²) >= 11 is 0. The molecule has 1 radical (unpaired) electrons. The van der Waals surface area contributed by atoms with Crippen LogP contribution in [0.5, 0.6) is 0 Å². The van der Waals surface area contributed by atoms with E-state index in [0.717, 1.165) is 12.1 Å². The SMILES string of the molecule is FCC(F)(F)c1[c]cccc1C(F)(F)CF. The second-order valence-corrected chi connectivity index (χ2v) is 3.13. The summed E-state index contributed by atoms with van der Waals surface area (Å²) in [6, 6.07) is 4.42. The molecule has 0 aliphatic heterocycles. The van der Waals surface area contributed by atoms with Gasteiger partial charge in [0.25, 0.3) is 0 Å². The number of halogens is 6. The number of hydrogen-bond acceptors (Lipinski definition) is 0. The third-order valence-electron chi connectivity index (χ3n) is 1.95. The van der Waals surface area contributed by atoms with Crippen molar-refractivity contribution < 1.29 is 26.3 Å². The van der Waals surface area contributed by atoms with Gasteiger partial charge in [0.05, 0.1) is 0 Å². The highest BCUT2D eigenvalue weighted by Crippen LogP contribution is 2.38. The van der Waals surface area contributed by atoms with Crippen LogP contribution in [0, 0.1) is 6.07 Å². The molecule has 0 bridgehead atoms. The molecule has 1 aromatic rings. The van der Waals surface area contributed by atoms with Gasteiger partial charge in [-0.2, -0.15) is 17.6 Å². The highest BCUT2D eigenvalue weighted by molar-refractivity contribution is 5.33. The molecule has 0 nitrogen and oxygen atoms in total.